The zero-order valence-corrected chi connectivity index (χ0v) is 10.3. The average molecular weight is 210 g/mol. The van der Waals surface area contributed by atoms with Crippen LogP contribution in [0.2, 0.25) is 0 Å². The number of allylic oxidation sites excluding steroid dienone is 1. The maximum atomic E-state index is 6.09. The summed E-state index contributed by atoms with van der Waals surface area (Å²) in [5.74, 6) is 0.582. The molecule has 0 radical (unpaired) electrons. The van der Waals surface area contributed by atoms with Crippen molar-refractivity contribution in [2.75, 3.05) is 7.05 Å². The van der Waals surface area contributed by atoms with Crippen molar-refractivity contribution in [3.05, 3.63) is 12.3 Å². The average Bonchev–Trinajstić information content (AvgIpc) is 3.01. The minimum Gasteiger partial charge on any atom is -0.392 e. The molecule has 2 aliphatic rings. The SMILES string of the molecule is C1CC1.C=C(NC)C1CCCC(C)(N)C1. The van der Waals surface area contributed by atoms with Gasteiger partial charge in [0.1, 0.15) is 0 Å². The molecule has 0 heterocycles. The summed E-state index contributed by atoms with van der Waals surface area (Å²) in [5, 5.41) is 3.12. The van der Waals surface area contributed by atoms with Gasteiger partial charge in [-0.3, -0.25) is 0 Å². The van der Waals surface area contributed by atoms with E-state index < -0.39 is 0 Å². The third kappa shape index (κ3) is 5.22. The van der Waals surface area contributed by atoms with Crippen molar-refractivity contribution in [3.8, 4) is 0 Å². The molecule has 88 valence electrons. The van der Waals surface area contributed by atoms with Gasteiger partial charge in [-0.05, 0) is 32.1 Å². The molecule has 2 atom stereocenters. The Morgan fingerprint density at radius 3 is 2.33 bits per heavy atom. The van der Waals surface area contributed by atoms with Crippen LogP contribution in [-0.4, -0.2) is 12.6 Å². The highest BCUT2D eigenvalue weighted by Crippen LogP contribution is 2.32. The van der Waals surface area contributed by atoms with Gasteiger partial charge in [-0.2, -0.15) is 0 Å². The first-order valence-electron chi connectivity index (χ1n) is 6.20. The zero-order valence-electron chi connectivity index (χ0n) is 10.3. The molecule has 15 heavy (non-hydrogen) atoms. The first kappa shape index (κ1) is 12.6. The number of rotatable bonds is 2. The van der Waals surface area contributed by atoms with E-state index in [0.29, 0.717) is 5.92 Å². The van der Waals surface area contributed by atoms with Crippen molar-refractivity contribution in [2.45, 2.75) is 57.4 Å². The molecule has 2 heteroatoms. The third-order valence-electron chi connectivity index (χ3n) is 3.18. The smallest absolute Gasteiger partial charge is 0.0132 e. The van der Waals surface area contributed by atoms with Crippen LogP contribution in [0.4, 0.5) is 0 Å². The Labute approximate surface area is 94.3 Å². The molecule has 3 N–H and O–H groups in total. The summed E-state index contributed by atoms with van der Waals surface area (Å²) in [7, 11) is 1.94. The van der Waals surface area contributed by atoms with Gasteiger partial charge in [0, 0.05) is 18.3 Å². The van der Waals surface area contributed by atoms with Crippen LogP contribution in [0.5, 0.6) is 0 Å². The molecule has 2 saturated carbocycles. The minimum atomic E-state index is 0.0305. The molecule has 2 fully saturated rings. The van der Waals surface area contributed by atoms with Crippen molar-refractivity contribution in [1.82, 2.24) is 5.32 Å². The van der Waals surface area contributed by atoms with Gasteiger partial charge in [0.25, 0.3) is 0 Å². The lowest BCUT2D eigenvalue weighted by atomic mass is 9.76. The third-order valence-corrected chi connectivity index (χ3v) is 3.18. The number of nitrogens with two attached hydrogens (primary N) is 1. The van der Waals surface area contributed by atoms with E-state index in [-0.39, 0.29) is 5.54 Å². The van der Waals surface area contributed by atoms with Crippen LogP contribution in [0.3, 0.4) is 0 Å². The van der Waals surface area contributed by atoms with Crippen molar-refractivity contribution in [3.63, 3.8) is 0 Å². The van der Waals surface area contributed by atoms with Crippen LogP contribution < -0.4 is 11.1 Å². The fourth-order valence-corrected chi connectivity index (χ4v) is 2.02. The van der Waals surface area contributed by atoms with Crippen LogP contribution >= 0.6 is 0 Å². The van der Waals surface area contributed by atoms with E-state index in [0.717, 1.165) is 18.5 Å². The van der Waals surface area contributed by atoms with Crippen LogP contribution in [0.25, 0.3) is 0 Å². The highest BCUT2D eigenvalue weighted by atomic mass is 14.8. The van der Waals surface area contributed by atoms with E-state index in [1.54, 1.807) is 0 Å². The normalized spacial score (nSPS) is 33.7. The van der Waals surface area contributed by atoms with E-state index in [2.05, 4.69) is 18.8 Å². The quantitative estimate of drug-likeness (QED) is 0.735. The summed E-state index contributed by atoms with van der Waals surface area (Å²) in [6.07, 6.45) is 9.21. The molecule has 2 unspecified atom stereocenters. The minimum absolute atomic E-state index is 0.0305. The lowest BCUT2D eigenvalue weighted by Gasteiger charge is -2.35. The summed E-state index contributed by atoms with van der Waals surface area (Å²) in [6, 6.07) is 0. The van der Waals surface area contributed by atoms with Crippen LogP contribution in [0.15, 0.2) is 12.3 Å². The van der Waals surface area contributed by atoms with Gasteiger partial charge in [-0.25, -0.2) is 0 Å². The highest BCUT2D eigenvalue weighted by molar-refractivity contribution is 5.02. The molecular weight excluding hydrogens is 184 g/mol. The molecule has 0 aromatic heterocycles. The standard InChI is InChI=1S/C10H20N2.C3H6/c1-8(12-3)9-5-4-6-10(2,11)7-9;1-2-3-1/h9,12H,1,4-7,11H2,2-3H3;1-3H2. The van der Waals surface area contributed by atoms with Crippen LogP contribution in [0.1, 0.15) is 51.9 Å². The van der Waals surface area contributed by atoms with Crippen molar-refractivity contribution < 1.29 is 0 Å². The number of nitrogens with one attached hydrogen (secondary N) is 1. The van der Waals surface area contributed by atoms with E-state index in [1.165, 1.54) is 32.1 Å². The Morgan fingerprint density at radius 2 is 1.93 bits per heavy atom. The van der Waals surface area contributed by atoms with Crippen molar-refractivity contribution in [2.24, 2.45) is 11.7 Å². The van der Waals surface area contributed by atoms with Crippen LogP contribution in [-0.2, 0) is 0 Å². The molecule has 0 amide bonds. The Bertz CT molecular complexity index is 204. The van der Waals surface area contributed by atoms with Crippen LogP contribution in [0, 0.1) is 5.92 Å². The van der Waals surface area contributed by atoms with Gasteiger partial charge in [0.15, 0.2) is 0 Å². The van der Waals surface area contributed by atoms with Crippen molar-refractivity contribution in [1.29, 1.82) is 0 Å². The van der Waals surface area contributed by atoms with E-state index >= 15 is 0 Å². The fourth-order valence-electron chi connectivity index (χ4n) is 2.02. The lowest BCUT2D eigenvalue weighted by Crippen LogP contribution is -2.42. The molecule has 0 bridgehead atoms. The molecule has 0 aromatic carbocycles. The van der Waals surface area contributed by atoms with Gasteiger partial charge < -0.3 is 11.1 Å². The second-order valence-electron chi connectivity index (χ2n) is 5.28. The maximum absolute atomic E-state index is 6.09. The molecule has 0 aromatic rings. The molecule has 2 aliphatic carbocycles. The Hall–Kier alpha value is -0.500. The monoisotopic (exact) mass is 210 g/mol. The molecule has 2 rings (SSSR count). The Balaban J connectivity index is 0.000000319. The van der Waals surface area contributed by atoms with Crippen molar-refractivity contribution >= 4 is 0 Å². The Morgan fingerprint density at radius 1 is 1.33 bits per heavy atom. The predicted octanol–water partition coefficient (Wildman–Crippen LogP) is 2.80. The molecule has 0 aliphatic heterocycles. The number of hydrogen-bond donors (Lipinski definition) is 2. The largest absolute Gasteiger partial charge is 0.392 e. The summed E-state index contributed by atoms with van der Waals surface area (Å²) < 4.78 is 0. The predicted molar refractivity (Wildman–Crippen MR) is 66.6 cm³/mol. The summed E-state index contributed by atoms with van der Waals surface area (Å²) >= 11 is 0. The molecule has 0 saturated heterocycles. The fraction of sp³-hybridized carbons (Fsp3) is 0.846. The lowest BCUT2D eigenvalue weighted by molar-refractivity contribution is 0.262. The molecular formula is C13H26N2. The summed E-state index contributed by atoms with van der Waals surface area (Å²) in [5.41, 5.74) is 7.27. The maximum Gasteiger partial charge on any atom is 0.0132 e. The summed E-state index contributed by atoms with van der Waals surface area (Å²) in [4.78, 5) is 0. The van der Waals surface area contributed by atoms with Gasteiger partial charge >= 0.3 is 0 Å². The van der Waals surface area contributed by atoms with E-state index in [1.807, 2.05) is 7.05 Å². The second-order valence-corrected chi connectivity index (χ2v) is 5.28. The van der Waals surface area contributed by atoms with Gasteiger partial charge in [0.2, 0.25) is 0 Å². The zero-order chi connectivity index (χ0) is 11.3. The van der Waals surface area contributed by atoms with E-state index in [4.69, 9.17) is 5.73 Å². The van der Waals surface area contributed by atoms with Gasteiger partial charge in [-0.1, -0.05) is 32.3 Å². The number of hydrogen-bond acceptors (Lipinski definition) is 2. The first-order chi connectivity index (χ1) is 7.05. The molecule has 2 nitrogen and oxygen atoms in total. The second kappa shape index (κ2) is 5.55. The molecule has 0 spiro atoms. The summed E-state index contributed by atoms with van der Waals surface area (Å²) in [6.45, 7) is 6.14. The van der Waals surface area contributed by atoms with Gasteiger partial charge in [-0.15, -0.1) is 0 Å². The first-order valence-corrected chi connectivity index (χ1v) is 6.20. The van der Waals surface area contributed by atoms with E-state index in [9.17, 15) is 0 Å². The highest BCUT2D eigenvalue weighted by Gasteiger charge is 2.29. The Kier molecular flexibility index (Phi) is 4.65. The topological polar surface area (TPSA) is 38.0 Å². The van der Waals surface area contributed by atoms with Gasteiger partial charge in [0.05, 0.1) is 0 Å².